The molecule has 0 unspecified atom stereocenters. The van der Waals surface area contributed by atoms with Gasteiger partial charge in [-0.1, -0.05) is 77.0 Å². The zero-order chi connectivity index (χ0) is 21.7. The van der Waals surface area contributed by atoms with Gasteiger partial charge in [-0.3, -0.25) is 0 Å². The smallest absolute Gasteiger partial charge is 0.0609 e. The number of hydrogen-bond donors (Lipinski definition) is 0. The van der Waals surface area contributed by atoms with Gasteiger partial charge in [-0.25, -0.2) is 0 Å². The van der Waals surface area contributed by atoms with Gasteiger partial charge in [-0.05, 0) is 91.3 Å². The van der Waals surface area contributed by atoms with E-state index in [9.17, 15) is 0 Å². The number of ether oxygens (including phenoxy) is 1. The van der Waals surface area contributed by atoms with Crippen LogP contribution in [0.1, 0.15) is 86.5 Å². The largest absolute Gasteiger partial charge is 0.381 e. The van der Waals surface area contributed by atoms with Crippen LogP contribution < -0.4 is 0 Å². The average Bonchev–Trinajstić information content (AvgIpc) is 3.08. The molecule has 0 saturated heterocycles. The highest BCUT2D eigenvalue weighted by atomic mass is 16.5. The summed E-state index contributed by atoms with van der Waals surface area (Å²) in [5.74, 6) is 4.52. The maximum atomic E-state index is 5.73. The lowest BCUT2D eigenvalue weighted by atomic mass is 9.50. The Morgan fingerprint density at radius 2 is 1.70 bits per heavy atom. The predicted octanol–water partition coefficient (Wildman–Crippen LogP) is 7.98. The van der Waals surface area contributed by atoms with Crippen molar-refractivity contribution < 1.29 is 4.74 Å². The van der Waals surface area contributed by atoms with Crippen molar-refractivity contribution in [3.8, 4) is 0 Å². The lowest BCUT2D eigenvalue weighted by Crippen LogP contribution is -2.46. The molecule has 3 saturated carbocycles. The summed E-state index contributed by atoms with van der Waals surface area (Å²) in [6, 6.07) is 0. The number of fused-ring (bicyclic) bond motifs is 5. The van der Waals surface area contributed by atoms with Crippen molar-refractivity contribution in [1.82, 2.24) is 0 Å². The van der Waals surface area contributed by atoms with Crippen LogP contribution in [0.5, 0.6) is 0 Å². The van der Waals surface area contributed by atoms with E-state index in [-0.39, 0.29) is 0 Å². The molecule has 0 amide bonds. The molecule has 0 radical (unpaired) electrons. The van der Waals surface area contributed by atoms with Crippen LogP contribution in [0.15, 0.2) is 35.5 Å². The maximum absolute atomic E-state index is 5.73. The first kappa shape index (κ1) is 22.4. The second-order valence-corrected chi connectivity index (χ2v) is 12.1. The summed E-state index contributed by atoms with van der Waals surface area (Å²) in [5, 5.41) is 0. The third kappa shape index (κ3) is 3.58. The van der Waals surface area contributed by atoms with E-state index in [1.54, 1.807) is 5.57 Å². The van der Waals surface area contributed by atoms with Crippen LogP contribution in [-0.4, -0.2) is 13.2 Å². The molecule has 3 fully saturated rings. The highest BCUT2D eigenvalue weighted by Gasteiger charge is 2.56. The first-order chi connectivity index (χ1) is 14.2. The molecule has 0 aromatic carbocycles. The van der Waals surface area contributed by atoms with Gasteiger partial charge in [0.25, 0.3) is 0 Å². The van der Waals surface area contributed by atoms with E-state index in [4.69, 9.17) is 4.74 Å². The molecule has 0 heterocycles. The number of rotatable bonds is 5. The summed E-state index contributed by atoms with van der Waals surface area (Å²) in [6.45, 7) is 14.8. The SMILES string of the molecule is CO[C@H]1CC[C@@]2(C)C(=CC=C3[C@@H]4CC[C@H]([C@H](C)/C=C/[C@H](C)C(C)C)[C@@]4(C)CC[C@@H]32)C1. The maximum Gasteiger partial charge on any atom is 0.0609 e. The Bertz CT molecular complexity index is 727. The Labute approximate surface area is 186 Å². The molecular formula is C29H46O. The zero-order valence-corrected chi connectivity index (χ0v) is 20.7. The minimum atomic E-state index is 0.386. The first-order valence-electron chi connectivity index (χ1n) is 12.8. The lowest BCUT2D eigenvalue weighted by Gasteiger charge is -2.55. The van der Waals surface area contributed by atoms with E-state index in [0.29, 0.717) is 28.8 Å². The van der Waals surface area contributed by atoms with Crippen LogP contribution in [0.25, 0.3) is 0 Å². The van der Waals surface area contributed by atoms with Gasteiger partial charge in [0.15, 0.2) is 0 Å². The molecule has 4 aliphatic rings. The van der Waals surface area contributed by atoms with Crippen LogP contribution in [0.3, 0.4) is 0 Å². The van der Waals surface area contributed by atoms with Crippen molar-refractivity contribution in [3.63, 3.8) is 0 Å². The summed E-state index contributed by atoms with van der Waals surface area (Å²) in [7, 11) is 1.89. The standard InChI is InChI=1S/C29H46O/c1-19(2)20(3)8-9-21(4)25-12-13-26-24-11-10-22-18-23(30-7)14-16-28(22,5)27(24)15-17-29(25,26)6/h8-11,19-21,23,25-27H,12-18H2,1-7H3/b9-8+/t20-,21+,23-,25+,26-,27-,28-,29+/m0/s1. The van der Waals surface area contributed by atoms with Crippen molar-refractivity contribution in [2.24, 2.45) is 46.3 Å². The fraction of sp³-hybridized carbons (Fsp3) is 0.793. The highest BCUT2D eigenvalue weighted by molar-refractivity contribution is 5.39. The lowest BCUT2D eigenvalue weighted by molar-refractivity contribution is 0.0228. The third-order valence-corrected chi connectivity index (χ3v) is 10.3. The third-order valence-electron chi connectivity index (χ3n) is 10.3. The Morgan fingerprint density at radius 3 is 2.40 bits per heavy atom. The molecule has 0 aromatic rings. The predicted molar refractivity (Wildman–Crippen MR) is 128 cm³/mol. The molecule has 0 aliphatic heterocycles. The Hall–Kier alpha value is -0.820. The van der Waals surface area contributed by atoms with Gasteiger partial charge in [0.05, 0.1) is 6.10 Å². The molecule has 30 heavy (non-hydrogen) atoms. The van der Waals surface area contributed by atoms with Gasteiger partial charge >= 0.3 is 0 Å². The molecule has 0 bridgehead atoms. The summed E-state index contributed by atoms with van der Waals surface area (Å²) >= 11 is 0. The van der Waals surface area contributed by atoms with Crippen molar-refractivity contribution in [2.75, 3.05) is 7.11 Å². The van der Waals surface area contributed by atoms with E-state index in [0.717, 1.165) is 30.1 Å². The van der Waals surface area contributed by atoms with E-state index in [1.165, 1.54) is 38.5 Å². The second-order valence-electron chi connectivity index (χ2n) is 12.1. The van der Waals surface area contributed by atoms with Gasteiger partial charge in [-0.2, -0.15) is 0 Å². The summed E-state index contributed by atoms with van der Waals surface area (Å²) < 4.78 is 5.73. The Balaban J connectivity index is 1.56. The fourth-order valence-electron chi connectivity index (χ4n) is 7.78. The molecule has 8 atom stereocenters. The molecule has 1 nitrogen and oxygen atoms in total. The van der Waals surface area contributed by atoms with Gasteiger partial charge in [-0.15, -0.1) is 0 Å². The molecule has 4 rings (SSSR count). The minimum Gasteiger partial charge on any atom is -0.381 e. The summed E-state index contributed by atoms with van der Waals surface area (Å²) in [4.78, 5) is 0. The van der Waals surface area contributed by atoms with Crippen LogP contribution in [0, 0.1) is 46.3 Å². The molecule has 168 valence electrons. The first-order valence-corrected chi connectivity index (χ1v) is 12.8. The van der Waals surface area contributed by atoms with E-state index >= 15 is 0 Å². The molecule has 0 N–H and O–H groups in total. The summed E-state index contributed by atoms with van der Waals surface area (Å²) in [6.07, 6.45) is 19.9. The summed E-state index contributed by atoms with van der Waals surface area (Å²) in [5.41, 5.74) is 4.36. The van der Waals surface area contributed by atoms with Gasteiger partial charge in [0.2, 0.25) is 0 Å². The number of methoxy groups -OCH3 is 1. The van der Waals surface area contributed by atoms with E-state index < -0.39 is 0 Å². The zero-order valence-electron chi connectivity index (χ0n) is 20.7. The molecule has 0 spiro atoms. The Morgan fingerprint density at radius 1 is 0.933 bits per heavy atom. The fourth-order valence-corrected chi connectivity index (χ4v) is 7.78. The van der Waals surface area contributed by atoms with Gasteiger partial charge in [0.1, 0.15) is 0 Å². The molecule has 4 aliphatic carbocycles. The van der Waals surface area contributed by atoms with Crippen LogP contribution >= 0.6 is 0 Å². The normalized spacial score (nSPS) is 42.9. The van der Waals surface area contributed by atoms with Crippen LogP contribution in [0.2, 0.25) is 0 Å². The number of hydrogen-bond acceptors (Lipinski definition) is 1. The topological polar surface area (TPSA) is 9.23 Å². The van der Waals surface area contributed by atoms with Gasteiger partial charge < -0.3 is 4.74 Å². The number of allylic oxidation sites excluding steroid dienone is 5. The molecule has 1 heteroatoms. The molecular weight excluding hydrogens is 364 g/mol. The highest BCUT2D eigenvalue weighted by Crippen LogP contribution is 2.66. The van der Waals surface area contributed by atoms with Crippen molar-refractivity contribution in [1.29, 1.82) is 0 Å². The van der Waals surface area contributed by atoms with E-state index in [1.807, 2.05) is 12.7 Å². The minimum absolute atomic E-state index is 0.386. The van der Waals surface area contributed by atoms with Gasteiger partial charge in [0, 0.05) is 7.11 Å². The monoisotopic (exact) mass is 410 g/mol. The van der Waals surface area contributed by atoms with Crippen molar-refractivity contribution in [2.45, 2.75) is 92.6 Å². The average molecular weight is 411 g/mol. The van der Waals surface area contributed by atoms with Crippen LogP contribution in [-0.2, 0) is 4.74 Å². The Kier molecular flexibility index (Phi) is 6.17. The van der Waals surface area contributed by atoms with E-state index in [2.05, 4.69) is 65.8 Å². The second kappa shape index (κ2) is 8.27. The quantitative estimate of drug-likeness (QED) is 0.417. The molecule has 0 aromatic heterocycles. The van der Waals surface area contributed by atoms with Crippen LogP contribution in [0.4, 0.5) is 0 Å². The van der Waals surface area contributed by atoms with Crippen molar-refractivity contribution in [3.05, 3.63) is 35.5 Å². The van der Waals surface area contributed by atoms with Crippen molar-refractivity contribution >= 4 is 0 Å².